The van der Waals surface area contributed by atoms with Gasteiger partial charge in [-0.2, -0.15) is 0 Å². The van der Waals surface area contributed by atoms with E-state index in [1.807, 2.05) is 36.5 Å². The molecule has 2 fully saturated rings. The number of carbonyl (C=O) groups excluding carboxylic acids is 1. The van der Waals surface area contributed by atoms with Gasteiger partial charge in [0.2, 0.25) is 0 Å². The predicted molar refractivity (Wildman–Crippen MR) is 138 cm³/mol. The number of H-pyrrole nitrogens is 1. The number of benzene rings is 2. The first-order valence-corrected chi connectivity index (χ1v) is 12.9. The molecule has 4 heteroatoms. The van der Waals surface area contributed by atoms with E-state index < -0.39 is 0 Å². The Morgan fingerprint density at radius 1 is 0.941 bits per heavy atom. The van der Waals surface area contributed by atoms with Crippen molar-refractivity contribution in [3.05, 3.63) is 95.3 Å². The second kappa shape index (κ2) is 10.6. The average molecular weight is 456 g/mol. The van der Waals surface area contributed by atoms with E-state index in [0.717, 1.165) is 44.6 Å². The van der Waals surface area contributed by atoms with Crippen molar-refractivity contribution in [2.75, 3.05) is 19.6 Å². The molecule has 1 aliphatic heterocycles. The summed E-state index contributed by atoms with van der Waals surface area (Å²) >= 11 is 0. The van der Waals surface area contributed by atoms with Crippen LogP contribution in [0, 0.1) is 12.8 Å². The number of aromatic nitrogens is 1. The Balaban J connectivity index is 1.42. The standard InChI is InChI=1S/C30H37N3O/c1-23-11-8-9-17-28(23)29-22-32(21-26-14-10-18-31-26)19-25(29)20-33(27-15-6-3-7-16-27)30(34)24-12-4-2-5-13-24/h2,4-5,8-14,17-18,25,27,29,31H,3,6-7,15-16,19-22H2,1H3/t25-,29+/m0/s1. The van der Waals surface area contributed by atoms with Gasteiger partial charge in [0, 0.05) is 55.6 Å². The highest BCUT2D eigenvalue weighted by Crippen LogP contribution is 2.37. The Bertz CT molecular complexity index is 1060. The Kier molecular flexibility index (Phi) is 7.15. The van der Waals surface area contributed by atoms with Crippen molar-refractivity contribution >= 4 is 5.91 Å². The molecule has 34 heavy (non-hydrogen) atoms. The van der Waals surface area contributed by atoms with Crippen LogP contribution in [0.3, 0.4) is 0 Å². The number of nitrogens with one attached hydrogen (secondary N) is 1. The molecule has 0 spiro atoms. The Morgan fingerprint density at radius 3 is 2.44 bits per heavy atom. The molecule has 0 radical (unpaired) electrons. The van der Waals surface area contributed by atoms with Crippen LogP contribution in [0.4, 0.5) is 0 Å². The molecule has 2 atom stereocenters. The highest BCUT2D eigenvalue weighted by atomic mass is 16.2. The van der Waals surface area contributed by atoms with Crippen molar-refractivity contribution in [1.82, 2.24) is 14.8 Å². The minimum Gasteiger partial charge on any atom is -0.364 e. The third-order valence-corrected chi connectivity index (χ3v) is 7.89. The molecule has 3 aromatic rings. The number of carbonyl (C=O) groups is 1. The summed E-state index contributed by atoms with van der Waals surface area (Å²) in [5.41, 5.74) is 4.88. The zero-order valence-corrected chi connectivity index (χ0v) is 20.3. The Labute approximate surface area is 204 Å². The first-order chi connectivity index (χ1) is 16.7. The molecule has 2 aromatic carbocycles. The Hall–Kier alpha value is -2.85. The van der Waals surface area contributed by atoms with Crippen molar-refractivity contribution in [2.45, 2.75) is 57.5 Å². The zero-order chi connectivity index (χ0) is 23.3. The average Bonchev–Trinajstić information content (AvgIpc) is 3.53. The van der Waals surface area contributed by atoms with Crippen LogP contribution in [0.5, 0.6) is 0 Å². The van der Waals surface area contributed by atoms with Gasteiger partial charge in [-0.1, -0.05) is 61.7 Å². The van der Waals surface area contributed by atoms with Crippen LogP contribution in [0.1, 0.15) is 65.2 Å². The van der Waals surface area contributed by atoms with Gasteiger partial charge in [-0.25, -0.2) is 0 Å². The second-order valence-electron chi connectivity index (χ2n) is 10.2. The minimum absolute atomic E-state index is 0.207. The summed E-state index contributed by atoms with van der Waals surface area (Å²) in [6.07, 6.45) is 8.02. The van der Waals surface area contributed by atoms with Gasteiger partial charge >= 0.3 is 0 Å². The van der Waals surface area contributed by atoms with E-state index in [1.54, 1.807) is 0 Å². The summed E-state index contributed by atoms with van der Waals surface area (Å²) < 4.78 is 0. The van der Waals surface area contributed by atoms with Crippen LogP contribution in [0.2, 0.25) is 0 Å². The lowest BCUT2D eigenvalue weighted by atomic mass is 9.85. The van der Waals surface area contributed by atoms with Crippen molar-refractivity contribution in [2.24, 2.45) is 5.92 Å². The monoisotopic (exact) mass is 455 g/mol. The second-order valence-corrected chi connectivity index (χ2v) is 10.2. The van der Waals surface area contributed by atoms with Crippen LogP contribution >= 0.6 is 0 Å². The molecule has 4 nitrogen and oxygen atoms in total. The zero-order valence-electron chi connectivity index (χ0n) is 20.3. The van der Waals surface area contributed by atoms with Crippen LogP contribution in [-0.4, -0.2) is 46.4 Å². The van der Waals surface area contributed by atoms with Gasteiger partial charge in [-0.15, -0.1) is 0 Å². The predicted octanol–water partition coefficient (Wildman–Crippen LogP) is 6.01. The van der Waals surface area contributed by atoms with Crippen LogP contribution in [0.15, 0.2) is 72.9 Å². The van der Waals surface area contributed by atoms with E-state index in [9.17, 15) is 4.79 Å². The lowest BCUT2D eigenvalue weighted by Crippen LogP contribution is -2.45. The molecular weight excluding hydrogens is 418 g/mol. The first-order valence-electron chi connectivity index (χ1n) is 12.9. The van der Waals surface area contributed by atoms with E-state index in [1.165, 1.54) is 36.1 Å². The van der Waals surface area contributed by atoms with Gasteiger partial charge in [0.05, 0.1) is 0 Å². The molecule has 2 heterocycles. The number of aryl methyl sites for hydroxylation is 1. The van der Waals surface area contributed by atoms with Gasteiger partial charge in [0.15, 0.2) is 0 Å². The largest absolute Gasteiger partial charge is 0.364 e. The lowest BCUT2D eigenvalue weighted by Gasteiger charge is -2.37. The number of hydrogen-bond donors (Lipinski definition) is 1. The smallest absolute Gasteiger partial charge is 0.254 e. The molecule has 1 aliphatic carbocycles. The number of hydrogen-bond acceptors (Lipinski definition) is 2. The molecule has 0 unspecified atom stereocenters. The Morgan fingerprint density at radius 2 is 1.71 bits per heavy atom. The van der Waals surface area contributed by atoms with E-state index in [0.29, 0.717) is 17.9 Å². The van der Waals surface area contributed by atoms with E-state index in [-0.39, 0.29) is 5.91 Å². The molecule has 1 saturated carbocycles. The normalized spacial score (nSPS) is 21.6. The summed E-state index contributed by atoms with van der Waals surface area (Å²) in [7, 11) is 0. The molecule has 1 amide bonds. The fraction of sp³-hybridized carbons (Fsp3) is 0.433. The molecule has 1 saturated heterocycles. The summed E-state index contributed by atoms with van der Waals surface area (Å²) in [5, 5.41) is 0. The number of likely N-dealkylation sites (tertiary alicyclic amines) is 1. The van der Waals surface area contributed by atoms with Crippen molar-refractivity contribution in [1.29, 1.82) is 0 Å². The number of nitrogens with zero attached hydrogens (tertiary/aromatic N) is 2. The third kappa shape index (κ3) is 5.12. The summed E-state index contributed by atoms with van der Waals surface area (Å²) in [6, 6.07) is 23.3. The molecule has 2 aliphatic rings. The molecule has 0 bridgehead atoms. The highest BCUT2D eigenvalue weighted by molar-refractivity contribution is 5.94. The number of aromatic amines is 1. The third-order valence-electron chi connectivity index (χ3n) is 7.89. The van der Waals surface area contributed by atoms with E-state index in [2.05, 4.69) is 58.1 Å². The molecule has 1 aromatic heterocycles. The van der Waals surface area contributed by atoms with Gasteiger partial charge in [0.1, 0.15) is 0 Å². The van der Waals surface area contributed by atoms with Crippen molar-refractivity contribution in [3.63, 3.8) is 0 Å². The summed E-state index contributed by atoms with van der Waals surface area (Å²) in [4.78, 5) is 22.0. The maximum Gasteiger partial charge on any atom is 0.254 e. The van der Waals surface area contributed by atoms with Crippen LogP contribution in [-0.2, 0) is 6.54 Å². The SMILES string of the molecule is Cc1ccccc1[C@@H]1CN(Cc2ccc[nH]2)C[C@H]1CN(C(=O)c1ccccc1)C1CCCCC1. The fourth-order valence-electron chi connectivity index (χ4n) is 6.13. The maximum absolute atomic E-state index is 13.8. The highest BCUT2D eigenvalue weighted by Gasteiger charge is 2.38. The van der Waals surface area contributed by atoms with Crippen molar-refractivity contribution in [3.8, 4) is 0 Å². The number of amides is 1. The molecule has 178 valence electrons. The maximum atomic E-state index is 13.8. The topological polar surface area (TPSA) is 39.3 Å². The van der Waals surface area contributed by atoms with Crippen molar-refractivity contribution < 1.29 is 4.79 Å². The van der Waals surface area contributed by atoms with Gasteiger partial charge in [0.25, 0.3) is 5.91 Å². The first kappa shape index (κ1) is 22.9. The van der Waals surface area contributed by atoms with Gasteiger partial charge in [-0.3, -0.25) is 9.69 Å². The number of rotatable bonds is 7. The molecule has 5 rings (SSSR count). The summed E-state index contributed by atoms with van der Waals surface area (Å²) in [5.74, 6) is 1.07. The quantitative estimate of drug-likeness (QED) is 0.474. The van der Waals surface area contributed by atoms with Gasteiger partial charge < -0.3 is 9.88 Å². The summed E-state index contributed by atoms with van der Waals surface area (Å²) in [6.45, 7) is 6.05. The fourth-order valence-corrected chi connectivity index (χ4v) is 6.13. The minimum atomic E-state index is 0.207. The molecular formula is C30H37N3O. The molecule has 1 N–H and O–H groups in total. The van der Waals surface area contributed by atoms with E-state index >= 15 is 0 Å². The van der Waals surface area contributed by atoms with Crippen LogP contribution < -0.4 is 0 Å². The lowest BCUT2D eigenvalue weighted by molar-refractivity contribution is 0.0588. The van der Waals surface area contributed by atoms with Crippen LogP contribution in [0.25, 0.3) is 0 Å². The van der Waals surface area contributed by atoms with Gasteiger partial charge in [-0.05, 0) is 61.1 Å². The van der Waals surface area contributed by atoms with E-state index in [4.69, 9.17) is 0 Å².